The summed E-state index contributed by atoms with van der Waals surface area (Å²) in [5, 5.41) is 26.2. The van der Waals surface area contributed by atoms with Crippen molar-refractivity contribution < 1.29 is 4.74 Å². The number of aromatic amines is 1. The molecule has 0 aliphatic carbocycles. The van der Waals surface area contributed by atoms with Crippen LogP contribution in [0.3, 0.4) is 0 Å². The van der Waals surface area contributed by atoms with E-state index < -0.39 is 0 Å². The monoisotopic (exact) mass is 359 g/mol. The fourth-order valence-corrected chi connectivity index (χ4v) is 3.11. The SMILES string of the molecule is CC1CN(c2ccc(NC=C(C#N)c3nn[nH]n3)cc2Cl)CC(C)O1. The van der Waals surface area contributed by atoms with Gasteiger partial charge in [-0.1, -0.05) is 11.6 Å². The van der Waals surface area contributed by atoms with Gasteiger partial charge in [-0.25, -0.2) is 0 Å². The number of hydrogen-bond acceptors (Lipinski definition) is 7. The fraction of sp³-hybridized carbons (Fsp3) is 0.375. The molecule has 0 radical (unpaired) electrons. The highest BCUT2D eigenvalue weighted by Crippen LogP contribution is 2.31. The highest BCUT2D eigenvalue weighted by molar-refractivity contribution is 6.33. The van der Waals surface area contributed by atoms with Crippen LogP contribution in [0.5, 0.6) is 0 Å². The number of nitrogens with one attached hydrogen (secondary N) is 2. The number of tetrazole rings is 1. The lowest BCUT2D eigenvalue weighted by molar-refractivity contribution is -0.00520. The molecule has 2 aromatic rings. The summed E-state index contributed by atoms with van der Waals surface area (Å²) >= 11 is 6.46. The molecule has 0 spiro atoms. The Balaban J connectivity index is 1.75. The van der Waals surface area contributed by atoms with Gasteiger partial charge in [0.25, 0.3) is 0 Å². The summed E-state index contributed by atoms with van der Waals surface area (Å²) in [6.07, 6.45) is 1.84. The Bertz CT molecular complexity index is 789. The number of benzene rings is 1. The van der Waals surface area contributed by atoms with Crippen LogP contribution in [0.1, 0.15) is 19.7 Å². The summed E-state index contributed by atoms with van der Waals surface area (Å²) < 4.78 is 5.76. The number of morpholine rings is 1. The van der Waals surface area contributed by atoms with Crippen molar-refractivity contribution in [2.75, 3.05) is 23.3 Å². The van der Waals surface area contributed by atoms with Crippen molar-refractivity contribution in [3.8, 4) is 6.07 Å². The Kier molecular flexibility index (Phi) is 5.16. The molecular formula is C16H18ClN7O. The quantitative estimate of drug-likeness (QED) is 0.808. The van der Waals surface area contributed by atoms with Crippen LogP contribution >= 0.6 is 11.6 Å². The number of nitriles is 1. The molecule has 2 heterocycles. The van der Waals surface area contributed by atoms with Crippen molar-refractivity contribution in [1.29, 1.82) is 5.26 Å². The van der Waals surface area contributed by atoms with Gasteiger partial charge in [0, 0.05) is 25.0 Å². The van der Waals surface area contributed by atoms with E-state index in [1.54, 1.807) is 0 Å². The third-order valence-electron chi connectivity index (χ3n) is 3.80. The standard InChI is InChI=1S/C16H18ClN7O/c1-10-8-24(9-11(2)25-10)15-4-3-13(5-14(15)17)19-7-12(6-18)16-20-22-23-21-16/h3-5,7,10-11,19H,8-9H2,1-2H3,(H,20,21,22,23). The van der Waals surface area contributed by atoms with Crippen LogP contribution in [-0.2, 0) is 4.74 Å². The summed E-state index contributed by atoms with van der Waals surface area (Å²) in [5.74, 6) is 0.231. The van der Waals surface area contributed by atoms with E-state index in [1.807, 2.05) is 24.3 Å². The third-order valence-corrected chi connectivity index (χ3v) is 4.10. The highest BCUT2D eigenvalue weighted by atomic mass is 35.5. The van der Waals surface area contributed by atoms with Gasteiger partial charge in [0.2, 0.25) is 5.82 Å². The summed E-state index contributed by atoms with van der Waals surface area (Å²) in [5.41, 5.74) is 2.00. The molecule has 3 rings (SSSR count). The number of halogens is 1. The minimum Gasteiger partial charge on any atom is -0.372 e. The number of anilines is 2. The first-order valence-electron chi connectivity index (χ1n) is 7.87. The van der Waals surface area contributed by atoms with E-state index in [0.29, 0.717) is 5.02 Å². The third kappa shape index (κ3) is 4.07. The van der Waals surface area contributed by atoms with Gasteiger partial charge in [0.1, 0.15) is 11.6 Å². The van der Waals surface area contributed by atoms with Crippen molar-refractivity contribution in [3.63, 3.8) is 0 Å². The average Bonchev–Trinajstić information content (AvgIpc) is 3.09. The zero-order chi connectivity index (χ0) is 17.8. The molecule has 1 aliphatic rings. The van der Waals surface area contributed by atoms with Gasteiger partial charge < -0.3 is 15.0 Å². The number of rotatable bonds is 4. The molecule has 9 heteroatoms. The largest absolute Gasteiger partial charge is 0.372 e. The van der Waals surface area contributed by atoms with E-state index in [4.69, 9.17) is 21.6 Å². The van der Waals surface area contributed by atoms with E-state index in [0.717, 1.165) is 24.5 Å². The molecule has 2 unspecified atom stereocenters. The second kappa shape index (κ2) is 7.51. The van der Waals surface area contributed by atoms with Crippen molar-refractivity contribution in [2.45, 2.75) is 26.1 Å². The van der Waals surface area contributed by atoms with Gasteiger partial charge in [-0.2, -0.15) is 10.5 Å². The Morgan fingerprint density at radius 1 is 1.44 bits per heavy atom. The molecule has 1 aromatic heterocycles. The van der Waals surface area contributed by atoms with Gasteiger partial charge in [0.15, 0.2) is 0 Å². The van der Waals surface area contributed by atoms with Crippen molar-refractivity contribution in [3.05, 3.63) is 35.2 Å². The Morgan fingerprint density at radius 2 is 2.20 bits per heavy atom. The maximum Gasteiger partial charge on any atom is 0.216 e. The lowest BCUT2D eigenvalue weighted by atomic mass is 10.2. The number of ether oxygens (including phenoxy) is 1. The number of allylic oxidation sites excluding steroid dienone is 1. The maximum atomic E-state index is 9.17. The van der Waals surface area contributed by atoms with Crippen LogP contribution in [0.25, 0.3) is 5.57 Å². The predicted octanol–water partition coefficient (Wildman–Crippen LogP) is 2.44. The van der Waals surface area contributed by atoms with Crippen molar-refractivity contribution >= 4 is 28.5 Å². The summed E-state index contributed by atoms with van der Waals surface area (Å²) in [4.78, 5) is 2.22. The molecule has 0 amide bonds. The predicted molar refractivity (Wildman–Crippen MR) is 95.1 cm³/mol. The Hall–Kier alpha value is -2.63. The number of H-pyrrole nitrogens is 1. The van der Waals surface area contributed by atoms with E-state index in [2.05, 4.69) is 44.7 Å². The first-order chi connectivity index (χ1) is 12.1. The molecule has 8 nitrogen and oxygen atoms in total. The van der Waals surface area contributed by atoms with Crippen LogP contribution < -0.4 is 10.2 Å². The van der Waals surface area contributed by atoms with E-state index in [-0.39, 0.29) is 23.6 Å². The van der Waals surface area contributed by atoms with Crippen LogP contribution in [0, 0.1) is 11.3 Å². The van der Waals surface area contributed by atoms with Crippen molar-refractivity contribution in [2.24, 2.45) is 0 Å². The first kappa shape index (κ1) is 17.2. The second-order valence-electron chi connectivity index (χ2n) is 5.88. The molecule has 0 saturated carbocycles. The van der Waals surface area contributed by atoms with E-state index in [1.165, 1.54) is 6.20 Å². The fourth-order valence-electron chi connectivity index (χ4n) is 2.81. The summed E-state index contributed by atoms with van der Waals surface area (Å²) in [6, 6.07) is 7.72. The number of nitrogens with zero attached hydrogens (tertiary/aromatic N) is 5. The topological polar surface area (TPSA) is 103 Å². The zero-order valence-corrected chi connectivity index (χ0v) is 14.7. The van der Waals surface area contributed by atoms with E-state index in [9.17, 15) is 0 Å². The molecule has 1 saturated heterocycles. The minimum atomic E-state index is 0.161. The second-order valence-corrected chi connectivity index (χ2v) is 6.29. The molecule has 25 heavy (non-hydrogen) atoms. The molecule has 2 N–H and O–H groups in total. The molecule has 1 fully saturated rings. The normalized spacial score (nSPS) is 21.0. The molecule has 0 bridgehead atoms. The van der Waals surface area contributed by atoms with Gasteiger partial charge in [-0.15, -0.1) is 10.2 Å². The molecule has 2 atom stereocenters. The van der Waals surface area contributed by atoms with Gasteiger partial charge in [-0.3, -0.25) is 0 Å². The molecular weight excluding hydrogens is 342 g/mol. The van der Waals surface area contributed by atoms with Crippen LogP contribution in [0.15, 0.2) is 24.4 Å². The molecule has 130 valence electrons. The summed E-state index contributed by atoms with van der Waals surface area (Å²) in [7, 11) is 0. The lowest BCUT2D eigenvalue weighted by Gasteiger charge is -2.37. The minimum absolute atomic E-state index is 0.161. The first-order valence-corrected chi connectivity index (χ1v) is 8.25. The highest BCUT2D eigenvalue weighted by Gasteiger charge is 2.23. The Labute approximate surface area is 150 Å². The zero-order valence-electron chi connectivity index (χ0n) is 13.9. The van der Waals surface area contributed by atoms with Gasteiger partial charge >= 0.3 is 0 Å². The smallest absolute Gasteiger partial charge is 0.216 e. The lowest BCUT2D eigenvalue weighted by Crippen LogP contribution is -2.45. The number of hydrogen-bond donors (Lipinski definition) is 2. The van der Waals surface area contributed by atoms with Crippen LogP contribution in [0.2, 0.25) is 5.02 Å². The summed E-state index contributed by atoms with van der Waals surface area (Å²) in [6.45, 7) is 5.71. The number of aromatic nitrogens is 4. The maximum absolute atomic E-state index is 9.17. The Morgan fingerprint density at radius 3 is 2.80 bits per heavy atom. The van der Waals surface area contributed by atoms with E-state index >= 15 is 0 Å². The van der Waals surface area contributed by atoms with Crippen LogP contribution in [0.4, 0.5) is 11.4 Å². The van der Waals surface area contributed by atoms with Crippen molar-refractivity contribution in [1.82, 2.24) is 20.6 Å². The molecule has 1 aromatic carbocycles. The average molecular weight is 360 g/mol. The van der Waals surface area contributed by atoms with Gasteiger partial charge in [0.05, 0.1) is 22.9 Å². The molecule has 1 aliphatic heterocycles. The van der Waals surface area contributed by atoms with Gasteiger partial charge in [-0.05, 0) is 37.3 Å². The van der Waals surface area contributed by atoms with Crippen LogP contribution in [-0.4, -0.2) is 45.9 Å².